The van der Waals surface area contributed by atoms with Crippen LogP contribution in [0.2, 0.25) is 0 Å². The molecule has 0 aliphatic carbocycles. The lowest BCUT2D eigenvalue weighted by Gasteiger charge is -2.03. The Labute approximate surface area is 96.9 Å². The quantitative estimate of drug-likeness (QED) is 0.645. The van der Waals surface area contributed by atoms with E-state index in [0.29, 0.717) is 16.3 Å². The van der Waals surface area contributed by atoms with Crippen molar-refractivity contribution in [3.63, 3.8) is 0 Å². The van der Waals surface area contributed by atoms with Gasteiger partial charge >= 0.3 is 0 Å². The number of H-pyrrole nitrogens is 1. The second-order valence-electron chi connectivity index (χ2n) is 3.69. The molecule has 86 valence electrons. The summed E-state index contributed by atoms with van der Waals surface area (Å²) in [4.78, 5) is 6.99. The predicted octanol–water partition coefficient (Wildman–Crippen LogP) is 1.96. The maximum absolute atomic E-state index is 11.2. The van der Waals surface area contributed by atoms with Gasteiger partial charge in [-0.15, -0.1) is 0 Å². The minimum Gasteiger partial charge on any atom is -0.345 e. The van der Waals surface area contributed by atoms with Gasteiger partial charge in [-0.1, -0.05) is 18.2 Å². The van der Waals surface area contributed by atoms with Crippen molar-refractivity contribution < 1.29 is 13.0 Å². The summed E-state index contributed by atoms with van der Waals surface area (Å²) in [5.74, 6) is 0. The number of rotatable bonds is 1. The molecule has 0 aliphatic heterocycles. The Morgan fingerprint density at radius 3 is 2.71 bits per heavy atom. The van der Waals surface area contributed by atoms with E-state index >= 15 is 0 Å². The van der Waals surface area contributed by atoms with Gasteiger partial charge in [-0.25, -0.2) is 4.98 Å². The average molecular weight is 248 g/mol. The van der Waals surface area contributed by atoms with Crippen LogP contribution in [0.3, 0.4) is 0 Å². The van der Waals surface area contributed by atoms with Crippen LogP contribution in [0.5, 0.6) is 0 Å². The first-order chi connectivity index (χ1) is 8.07. The number of fused-ring (bicyclic) bond motifs is 3. The van der Waals surface area contributed by atoms with Gasteiger partial charge < -0.3 is 4.98 Å². The molecule has 0 unspecified atom stereocenters. The van der Waals surface area contributed by atoms with Gasteiger partial charge in [-0.2, -0.15) is 8.42 Å². The van der Waals surface area contributed by atoms with Gasteiger partial charge in [-0.3, -0.25) is 4.55 Å². The van der Waals surface area contributed by atoms with E-state index in [0.717, 1.165) is 5.52 Å². The van der Waals surface area contributed by atoms with Crippen LogP contribution in [-0.2, 0) is 10.1 Å². The second-order valence-corrected chi connectivity index (χ2v) is 5.08. The van der Waals surface area contributed by atoms with Crippen LogP contribution >= 0.6 is 0 Å². The number of hydrogen-bond donors (Lipinski definition) is 2. The van der Waals surface area contributed by atoms with E-state index in [1.807, 2.05) is 0 Å². The van der Waals surface area contributed by atoms with Crippen molar-refractivity contribution in [2.75, 3.05) is 0 Å². The summed E-state index contributed by atoms with van der Waals surface area (Å²) in [6, 6.07) is 8.11. The molecule has 0 aliphatic rings. The maximum Gasteiger partial charge on any atom is 0.295 e. The minimum atomic E-state index is -4.22. The first-order valence-corrected chi connectivity index (χ1v) is 6.34. The van der Waals surface area contributed by atoms with Crippen LogP contribution in [0.4, 0.5) is 0 Å². The largest absolute Gasteiger partial charge is 0.345 e. The standard InChI is InChI=1S/C11H8N2O3S/c14-17(15,16)10-3-1-2-8-7(10)4-5-9-11(8)13-6-12-9/h1-6H,(H,12,13)(H,14,15,16). The Kier molecular flexibility index (Phi) is 1.98. The first-order valence-electron chi connectivity index (χ1n) is 4.90. The predicted molar refractivity (Wildman–Crippen MR) is 63.4 cm³/mol. The first kappa shape index (κ1) is 10.2. The highest BCUT2D eigenvalue weighted by atomic mass is 32.2. The molecule has 0 saturated carbocycles. The molecule has 17 heavy (non-hydrogen) atoms. The number of aromatic nitrogens is 2. The molecular formula is C11H8N2O3S. The lowest BCUT2D eigenvalue weighted by molar-refractivity contribution is 0.484. The van der Waals surface area contributed by atoms with E-state index in [-0.39, 0.29) is 4.90 Å². The monoisotopic (exact) mass is 248 g/mol. The van der Waals surface area contributed by atoms with Gasteiger partial charge in [0.2, 0.25) is 0 Å². The third kappa shape index (κ3) is 1.49. The van der Waals surface area contributed by atoms with Crippen molar-refractivity contribution in [3.05, 3.63) is 36.7 Å². The van der Waals surface area contributed by atoms with E-state index in [1.165, 1.54) is 6.07 Å². The van der Waals surface area contributed by atoms with Crippen molar-refractivity contribution in [3.8, 4) is 0 Å². The van der Waals surface area contributed by atoms with Crippen molar-refractivity contribution in [2.24, 2.45) is 0 Å². The molecule has 6 heteroatoms. The molecular weight excluding hydrogens is 240 g/mol. The Bertz CT molecular complexity index is 821. The van der Waals surface area contributed by atoms with Gasteiger partial charge in [0.25, 0.3) is 10.1 Å². The zero-order chi connectivity index (χ0) is 12.0. The number of imidazole rings is 1. The van der Waals surface area contributed by atoms with E-state index < -0.39 is 10.1 Å². The fourth-order valence-corrected chi connectivity index (χ4v) is 2.67. The third-order valence-corrected chi connectivity index (χ3v) is 3.60. The van der Waals surface area contributed by atoms with Crippen molar-refractivity contribution >= 4 is 31.9 Å². The fraction of sp³-hybridized carbons (Fsp3) is 0. The Morgan fingerprint density at radius 1 is 1.12 bits per heavy atom. The van der Waals surface area contributed by atoms with Crippen molar-refractivity contribution in [1.82, 2.24) is 9.97 Å². The number of nitrogens with zero attached hydrogens (tertiary/aromatic N) is 1. The zero-order valence-electron chi connectivity index (χ0n) is 8.58. The molecule has 1 aromatic heterocycles. The minimum absolute atomic E-state index is 0.0973. The Balaban J connectivity index is 2.57. The third-order valence-electron chi connectivity index (χ3n) is 2.68. The highest BCUT2D eigenvalue weighted by molar-refractivity contribution is 7.86. The van der Waals surface area contributed by atoms with Crippen molar-refractivity contribution in [1.29, 1.82) is 0 Å². The van der Waals surface area contributed by atoms with E-state index in [1.54, 1.807) is 30.6 Å². The normalized spacial score (nSPS) is 12.3. The molecule has 2 N–H and O–H groups in total. The van der Waals surface area contributed by atoms with E-state index in [9.17, 15) is 8.42 Å². The van der Waals surface area contributed by atoms with E-state index in [2.05, 4.69) is 9.97 Å². The Hall–Kier alpha value is -1.92. The molecule has 3 rings (SSSR count). The van der Waals surface area contributed by atoms with Gasteiger partial charge in [-0.05, 0) is 12.1 Å². The topological polar surface area (TPSA) is 83.0 Å². The molecule has 3 aromatic rings. The highest BCUT2D eigenvalue weighted by Crippen LogP contribution is 2.27. The summed E-state index contributed by atoms with van der Waals surface area (Å²) in [5, 5.41) is 1.16. The Morgan fingerprint density at radius 2 is 1.94 bits per heavy atom. The SMILES string of the molecule is O=S(=O)(O)c1cccc2c1ccc1[nH]cnc12. The molecule has 0 bridgehead atoms. The maximum atomic E-state index is 11.2. The lowest BCUT2D eigenvalue weighted by Crippen LogP contribution is -1.98. The molecule has 2 aromatic carbocycles. The van der Waals surface area contributed by atoms with E-state index in [4.69, 9.17) is 4.55 Å². The number of nitrogens with one attached hydrogen (secondary N) is 1. The zero-order valence-corrected chi connectivity index (χ0v) is 9.40. The fourth-order valence-electron chi connectivity index (χ4n) is 1.96. The molecule has 0 saturated heterocycles. The van der Waals surface area contributed by atoms with Crippen LogP contribution in [0, 0.1) is 0 Å². The summed E-state index contributed by atoms with van der Waals surface area (Å²) in [6.45, 7) is 0. The number of benzene rings is 2. The lowest BCUT2D eigenvalue weighted by atomic mass is 10.1. The summed E-state index contributed by atoms with van der Waals surface area (Å²) in [6.07, 6.45) is 1.55. The molecule has 0 fully saturated rings. The van der Waals surface area contributed by atoms with Gasteiger partial charge in [0.15, 0.2) is 0 Å². The summed E-state index contributed by atoms with van der Waals surface area (Å²) >= 11 is 0. The molecule has 5 nitrogen and oxygen atoms in total. The average Bonchev–Trinajstić information content (AvgIpc) is 2.75. The van der Waals surface area contributed by atoms with Crippen LogP contribution in [-0.4, -0.2) is 22.9 Å². The van der Waals surface area contributed by atoms with Crippen LogP contribution in [0.1, 0.15) is 0 Å². The number of aromatic amines is 1. The molecule has 0 amide bonds. The molecule has 0 spiro atoms. The second kappa shape index (κ2) is 3.28. The highest BCUT2D eigenvalue weighted by Gasteiger charge is 2.15. The molecule has 1 heterocycles. The van der Waals surface area contributed by atoms with Crippen LogP contribution in [0.25, 0.3) is 21.8 Å². The van der Waals surface area contributed by atoms with Gasteiger partial charge in [0.1, 0.15) is 4.90 Å². The van der Waals surface area contributed by atoms with Crippen LogP contribution in [0.15, 0.2) is 41.6 Å². The van der Waals surface area contributed by atoms with Crippen molar-refractivity contribution in [2.45, 2.75) is 4.90 Å². The number of hydrogen-bond acceptors (Lipinski definition) is 3. The van der Waals surface area contributed by atoms with Gasteiger partial charge in [0.05, 0.1) is 17.4 Å². The summed E-state index contributed by atoms with van der Waals surface area (Å²) in [5.41, 5.74) is 1.51. The van der Waals surface area contributed by atoms with Gasteiger partial charge in [0, 0.05) is 10.8 Å². The molecule has 0 radical (unpaired) electrons. The smallest absolute Gasteiger partial charge is 0.295 e. The van der Waals surface area contributed by atoms with Crippen LogP contribution < -0.4 is 0 Å². The molecule has 0 atom stereocenters. The summed E-state index contributed by atoms with van der Waals surface area (Å²) < 4.78 is 31.7. The summed E-state index contributed by atoms with van der Waals surface area (Å²) in [7, 11) is -4.22.